The van der Waals surface area contributed by atoms with Gasteiger partial charge >= 0.3 is 0 Å². The third-order valence-corrected chi connectivity index (χ3v) is 5.90. The van der Waals surface area contributed by atoms with Crippen LogP contribution in [0.15, 0.2) is 46.0 Å². The lowest BCUT2D eigenvalue weighted by atomic mass is 9.99. The average Bonchev–Trinajstić information content (AvgIpc) is 3.00. The van der Waals surface area contributed by atoms with E-state index in [9.17, 15) is 17.6 Å². The van der Waals surface area contributed by atoms with Crippen LogP contribution in [0.25, 0.3) is 0 Å². The van der Waals surface area contributed by atoms with Crippen LogP contribution in [0.1, 0.15) is 5.56 Å². The van der Waals surface area contributed by atoms with Crippen LogP contribution in [0.4, 0.5) is 4.39 Å². The van der Waals surface area contributed by atoms with Gasteiger partial charge in [-0.1, -0.05) is 18.2 Å². The largest absolute Gasteiger partial charge is 0.369 e. The number of carbonyl (C=O) groups is 1. The number of benzene rings is 1. The van der Waals surface area contributed by atoms with Crippen LogP contribution >= 0.6 is 11.3 Å². The maximum atomic E-state index is 12.9. The van der Waals surface area contributed by atoms with E-state index in [1.165, 1.54) is 18.2 Å². The molecule has 0 spiro atoms. The second-order valence-electron chi connectivity index (χ2n) is 4.71. The molecule has 0 aliphatic heterocycles. The molecule has 0 bridgehead atoms. The molecule has 1 aromatic heterocycles. The molecule has 1 atom stereocenters. The molecule has 2 rings (SSSR count). The van der Waals surface area contributed by atoms with Gasteiger partial charge in [-0.05, 0) is 35.6 Å². The molecule has 0 aliphatic carbocycles. The second-order valence-corrected chi connectivity index (χ2v) is 7.66. The van der Waals surface area contributed by atoms with E-state index < -0.39 is 21.8 Å². The fourth-order valence-electron chi connectivity index (χ4n) is 1.88. The van der Waals surface area contributed by atoms with E-state index in [0.29, 0.717) is 5.56 Å². The van der Waals surface area contributed by atoms with Crippen LogP contribution in [-0.2, 0) is 21.2 Å². The molecular weight excluding hydrogens is 327 g/mol. The fourth-order valence-corrected chi connectivity index (χ4v) is 4.00. The Morgan fingerprint density at radius 1 is 1.27 bits per heavy atom. The Bertz CT molecular complexity index is 728. The topological polar surface area (TPSA) is 89.3 Å². The van der Waals surface area contributed by atoms with Crippen molar-refractivity contribution >= 4 is 27.3 Å². The quantitative estimate of drug-likeness (QED) is 0.799. The predicted octanol–water partition coefficient (Wildman–Crippen LogP) is 1.51. The van der Waals surface area contributed by atoms with E-state index in [0.717, 1.165) is 11.3 Å². The summed E-state index contributed by atoms with van der Waals surface area (Å²) >= 11 is 1.09. The monoisotopic (exact) mass is 342 g/mol. The minimum Gasteiger partial charge on any atom is -0.369 e. The third kappa shape index (κ3) is 4.36. The first-order valence-corrected chi connectivity index (χ1v) is 8.81. The number of primary amides is 1. The lowest BCUT2D eigenvalue weighted by Crippen LogP contribution is -2.37. The highest BCUT2D eigenvalue weighted by atomic mass is 32.2. The molecule has 8 heteroatoms. The van der Waals surface area contributed by atoms with Gasteiger partial charge in [0.2, 0.25) is 15.9 Å². The number of hydrogen-bond acceptors (Lipinski definition) is 4. The van der Waals surface area contributed by atoms with Gasteiger partial charge in [0.15, 0.2) is 0 Å². The second kappa shape index (κ2) is 6.99. The zero-order valence-electron chi connectivity index (χ0n) is 11.5. The van der Waals surface area contributed by atoms with Crippen molar-refractivity contribution in [3.8, 4) is 0 Å². The standard InChI is InChI=1S/C14H15FN2O3S2/c15-12-5-3-10(4-6-12)8-11(14(16)18)9-17-22(19,20)13-2-1-7-21-13/h1-7,11,17H,8-9H2,(H2,16,18)/t11-/m0/s1. The number of sulfonamides is 1. The van der Waals surface area contributed by atoms with Crippen LogP contribution in [0.5, 0.6) is 0 Å². The van der Waals surface area contributed by atoms with Crippen LogP contribution < -0.4 is 10.5 Å². The molecule has 1 heterocycles. The van der Waals surface area contributed by atoms with Crippen LogP contribution in [0, 0.1) is 11.7 Å². The van der Waals surface area contributed by atoms with Crippen molar-refractivity contribution in [1.82, 2.24) is 4.72 Å². The van der Waals surface area contributed by atoms with Gasteiger partial charge < -0.3 is 5.73 Å². The smallest absolute Gasteiger partial charge is 0.250 e. The Kier molecular flexibility index (Phi) is 5.28. The zero-order chi connectivity index (χ0) is 16.2. The summed E-state index contributed by atoms with van der Waals surface area (Å²) < 4.78 is 39.5. The molecular formula is C14H15FN2O3S2. The highest BCUT2D eigenvalue weighted by Gasteiger charge is 2.21. The number of nitrogens with two attached hydrogens (primary N) is 1. The van der Waals surface area contributed by atoms with Crippen LogP contribution in [-0.4, -0.2) is 20.9 Å². The lowest BCUT2D eigenvalue weighted by molar-refractivity contribution is -0.121. The molecule has 0 fully saturated rings. The first-order valence-electron chi connectivity index (χ1n) is 6.45. The van der Waals surface area contributed by atoms with Gasteiger partial charge in [0.05, 0.1) is 5.92 Å². The molecule has 3 N–H and O–H groups in total. The minimum atomic E-state index is -3.64. The average molecular weight is 342 g/mol. The van der Waals surface area contributed by atoms with Crippen LogP contribution in [0.3, 0.4) is 0 Å². The van der Waals surface area contributed by atoms with Crippen LogP contribution in [0.2, 0.25) is 0 Å². The molecule has 5 nitrogen and oxygen atoms in total. The number of halogens is 1. The van der Waals surface area contributed by atoms with Crippen molar-refractivity contribution in [1.29, 1.82) is 0 Å². The Morgan fingerprint density at radius 3 is 2.50 bits per heavy atom. The van der Waals surface area contributed by atoms with E-state index >= 15 is 0 Å². The molecule has 1 amide bonds. The van der Waals surface area contributed by atoms with Crippen molar-refractivity contribution < 1.29 is 17.6 Å². The Balaban J connectivity index is 2.03. The molecule has 0 saturated heterocycles. The van der Waals surface area contributed by atoms with E-state index in [4.69, 9.17) is 5.73 Å². The summed E-state index contributed by atoms with van der Waals surface area (Å²) in [7, 11) is -3.64. The summed E-state index contributed by atoms with van der Waals surface area (Å²) in [6, 6.07) is 8.75. The first kappa shape index (κ1) is 16.6. The summed E-state index contributed by atoms with van der Waals surface area (Å²) in [4.78, 5) is 11.5. The predicted molar refractivity (Wildman–Crippen MR) is 82.3 cm³/mol. The zero-order valence-corrected chi connectivity index (χ0v) is 13.2. The van der Waals surface area contributed by atoms with E-state index in [1.54, 1.807) is 23.6 Å². The summed E-state index contributed by atoms with van der Waals surface area (Å²) in [6.07, 6.45) is 0.239. The van der Waals surface area contributed by atoms with Crippen molar-refractivity contribution in [3.63, 3.8) is 0 Å². The van der Waals surface area contributed by atoms with Gasteiger partial charge in [0, 0.05) is 6.54 Å². The van der Waals surface area contributed by atoms with Crippen molar-refractivity contribution in [2.75, 3.05) is 6.54 Å². The normalized spacial score (nSPS) is 13.0. The molecule has 0 radical (unpaired) electrons. The van der Waals surface area contributed by atoms with Crippen molar-refractivity contribution in [2.24, 2.45) is 11.7 Å². The number of rotatable bonds is 7. The van der Waals surface area contributed by atoms with Crippen molar-refractivity contribution in [3.05, 3.63) is 53.2 Å². The number of hydrogen-bond donors (Lipinski definition) is 2. The minimum absolute atomic E-state index is 0.104. The summed E-state index contributed by atoms with van der Waals surface area (Å²) in [6.45, 7) is -0.104. The maximum Gasteiger partial charge on any atom is 0.250 e. The number of carbonyl (C=O) groups excluding carboxylic acids is 1. The highest BCUT2D eigenvalue weighted by molar-refractivity contribution is 7.91. The maximum absolute atomic E-state index is 12.9. The summed E-state index contributed by atoms with van der Waals surface area (Å²) in [5, 5.41) is 1.65. The lowest BCUT2D eigenvalue weighted by Gasteiger charge is -2.14. The van der Waals surface area contributed by atoms with Gasteiger partial charge in [-0.15, -0.1) is 11.3 Å². The SMILES string of the molecule is NC(=O)[C@H](CNS(=O)(=O)c1cccs1)Cc1ccc(F)cc1. The number of thiophene rings is 1. The first-order chi connectivity index (χ1) is 10.4. The van der Waals surface area contributed by atoms with E-state index in [1.807, 2.05) is 0 Å². The van der Waals surface area contributed by atoms with Gasteiger partial charge in [0.25, 0.3) is 0 Å². The summed E-state index contributed by atoms with van der Waals surface area (Å²) in [5.41, 5.74) is 6.03. The molecule has 118 valence electrons. The number of amides is 1. The molecule has 0 aliphatic rings. The Morgan fingerprint density at radius 2 is 1.95 bits per heavy atom. The molecule has 22 heavy (non-hydrogen) atoms. The fraction of sp³-hybridized carbons (Fsp3) is 0.214. The molecule has 0 unspecified atom stereocenters. The van der Waals surface area contributed by atoms with Crippen molar-refractivity contribution in [2.45, 2.75) is 10.6 Å². The van der Waals surface area contributed by atoms with Gasteiger partial charge in [0.1, 0.15) is 10.0 Å². The van der Waals surface area contributed by atoms with Gasteiger partial charge in [-0.25, -0.2) is 17.5 Å². The highest BCUT2D eigenvalue weighted by Crippen LogP contribution is 2.16. The summed E-state index contributed by atoms with van der Waals surface area (Å²) in [5.74, 6) is -1.70. The molecule has 1 aromatic carbocycles. The Hall–Kier alpha value is -1.77. The third-order valence-electron chi connectivity index (χ3n) is 3.08. The van der Waals surface area contributed by atoms with E-state index in [-0.39, 0.29) is 23.0 Å². The van der Waals surface area contributed by atoms with Gasteiger partial charge in [-0.3, -0.25) is 4.79 Å². The number of nitrogens with one attached hydrogen (secondary N) is 1. The molecule has 2 aromatic rings. The van der Waals surface area contributed by atoms with E-state index in [2.05, 4.69) is 4.72 Å². The Labute approximate surface area is 132 Å². The van der Waals surface area contributed by atoms with Gasteiger partial charge in [-0.2, -0.15) is 0 Å². The molecule has 0 saturated carbocycles.